The van der Waals surface area contributed by atoms with E-state index in [0.717, 1.165) is 51.4 Å². The Bertz CT molecular complexity index is 460. The van der Waals surface area contributed by atoms with Gasteiger partial charge in [0, 0.05) is 6.42 Å². The minimum Gasteiger partial charge on any atom is -0.343 e. The molecule has 0 aliphatic rings. The average molecular weight is 322 g/mol. The highest BCUT2D eigenvalue weighted by Gasteiger charge is 1.95. The molecule has 0 atom stereocenters. The Hall–Kier alpha value is -1.54. The summed E-state index contributed by atoms with van der Waals surface area (Å²) in [5.41, 5.74) is 0. The van der Waals surface area contributed by atoms with Crippen molar-refractivity contribution in [3.63, 3.8) is 0 Å². The van der Waals surface area contributed by atoms with Gasteiger partial charge in [-0.25, -0.2) is 0 Å². The van der Waals surface area contributed by atoms with Gasteiger partial charge in [-0.3, -0.25) is 0 Å². The summed E-state index contributed by atoms with van der Waals surface area (Å²) in [4.78, 5) is 8.89. The van der Waals surface area contributed by atoms with E-state index in [4.69, 9.17) is 4.11 Å². The Morgan fingerprint density at radius 2 is 1.48 bits per heavy atom. The first kappa shape index (κ1) is 16.3. The average Bonchev–Trinajstić information content (AvgIpc) is 2.59. The van der Waals surface area contributed by atoms with Gasteiger partial charge >= 0.3 is 0 Å². The van der Waals surface area contributed by atoms with E-state index in [-0.39, 0.29) is 0 Å². The number of hydrogen-bond donors (Lipinski definition) is 0. The second kappa shape index (κ2) is 18.5. The highest BCUT2D eigenvalue weighted by Crippen LogP contribution is 2.10. The van der Waals surface area contributed by atoms with E-state index in [1.165, 1.54) is 0 Å². The van der Waals surface area contributed by atoms with Crippen molar-refractivity contribution >= 4 is 0 Å². The van der Waals surface area contributed by atoms with Gasteiger partial charge in [-0.05, 0) is 44.9 Å². The summed E-state index contributed by atoms with van der Waals surface area (Å²) in [5.74, 6) is 0.359. The Morgan fingerprint density at radius 3 is 2.09 bits per heavy atom. The summed E-state index contributed by atoms with van der Waals surface area (Å²) in [6.07, 6.45) is 26.4. The van der Waals surface area contributed by atoms with E-state index in [9.17, 15) is 0 Å². The molecule has 0 aromatic carbocycles. The van der Waals surface area contributed by atoms with Crippen LogP contribution in [0.2, 0.25) is 0 Å². The van der Waals surface area contributed by atoms with Gasteiger partial charge in [-0.1, -0.05) is 68.5 Å². The number of rotatable bonds is 15. The molecule has 130 valence electrons. The summed E-state index contributed by atoms with van der Waals surface area (Å²) in [6, 6.07) is 0. The monoisotopic (exact) mass is 321 g/mol. The topological polar surface area (TPSA) is 18.5 Å². The highest BCUT2D eigenvalue weighted by molar-refractivity contribution is 4.99. The molecule has 2 nitrogen and oxygen atoms in total. The molecule has 0 saturated heterocycles. The highest BCUT2D eigenvalue weighted by atomic mass is 17.2. The molecule has 0 radical (unpaired) electrons. The van der Waals surface area contributed by atoms with Crippen molar-refractivity contribution in [1.82, 2.24) is 0 Å². The fraction of sp³-hybridized carbons (Fsp3) is 0.524. The summed E-state index contributed by atoms with van der Waals surface area (Å²) >= 11 is 0. The Labute approximate surface area is 147 Å². The molecule has 0 aromatic rings. The molecule has 0 amide bonds. The maximum atomic E-state index is 6.85. The van der Waals surface area contributed by atoms with Gasteiger partial charge in [0.05, 0.1) is 11.2 Å². The first-order chi connectivity index (χ1) is 12.5. The first-order valence-corrected chi connectivity index (χ1v) is 8.59. The van der Waals surface area contributed by atoms with Gasteiger partial charge in [0.1, 0.15) is 5.76 Å². The zero-order valence-electron chi connectivity index (χ0n) is 17.5. The number of unbranched alkanes of at least 4 members (excludes halogenated alkanes) is 3. The fourth-order valence-corrected chi connectivity index (χ4v) is 1.96. The van der Waals surface area contributed by atoms with Crippen LogP contribution in [0.25, 0.3) is 0 Å². The molecule has 0 fully saturated rings. The number of hydrogen-bond acceptors (Lipinski definition) is 2. The van der Waals surface area contributed by atoms with Gasteiger partial charge in [0.2, 0.25) is 0 Å². The third-order valence-electron chi connectivity index (χ3n) is 3.20. The van der Waals surface area contributed by atoms with Gasteiger partial charge in [-0.15, -0.1) is 0 Å². The molecule has 0 unspecified atom stereocenters. The molecule has 0 spiro atoms. The van der Waals surface area contributed by atoms with Crippen LogP contribution in [-0.2, 0) is 9.78 Å². The van der Waals surface area contributed by atoms with Crippen LogP contribution < -0.4 is 0 Å². The van der Waals surface area contributed by atoms with Crippen molar-refractivity contribution in [3.8, 4) is 0 Å². The second-order valence-corrected chi connectivity index (χ2v) is 5.31. The molecule has 0 aromatic heterocycles. The predicted molar refractivity (Wildman–Crippen MR) is 101 cm³/mol. The minimum atomic E-state index is -2.54. The summed E-state index contributed by atoms with van der Waals surface area (Å²) in [5, 5.41) is 0. The SMILES string of the molecule is [2H]C([2H])([2H])OOC(=C)CCCCC/C=C\C/C=C\C/C=C\C/C=C\CC. The molecular formula is C21H34O2. The summed E-state index contributed by atoms with van der Waals surface area (Å²) in [6.45, 7) is 5.78. The predicted octanol–water partition coefficient (Wildman–Crippen LogP) is 6.83. The fourth-order valence-electron chi connectivity index (χ4n) is 1.96. The molecule has 0 saturated carbocycles. The standard InChI is InChI=1S/C21H34O2/c1-4-5-6-7-8-9-10-11-12-13-14-15-16-17-18-19-20-21(2)23-22-3/h5-6,8-9,11-12,14-15H,2,4,7,10,13,16-20H2,1,3H3/b6-5-,9-8-,12-11-,15-14-/i3D3. The molecular weight excluding hydrogens is 284 g/mol. The lowest BCUT2D eigenvalue weighted by atomic mass is 10.1. The van der Waals surface area contributed by atoms with Crippen LogP contribution in [0.5, 0.6) is 0 Å². The van der Waals surface area contributed by atoms with Gasteiger partial charge in [0.15, 0.2) is 0 Å². The van der Waals surface area contributed by atoms with Crippen LogP contribution in [0.1, 0.15) is 68.8 Å². The molecule has 2 heteroatoms. The lowest BCUT2D eigenvalue weighted by Gasteiger charge is -2.03. The van der Waals surface area contributed by atoms with Crippen LogP contribution >= 0.6 is 0 Å². The van der Waals surface area contributed by atoms with Crippen molar-refractivity contribution in [2.24, 2.45) is 0 Å². The van der Waals surface area contributed by atoms with E-state index in [1.807, 2.05) is 0 Å². The van der Waals surface area contributed by atoms with Crippen LogP contribution in [0.3, 0.4) is 0 Å². The normalized spacial score (nSPS) is 14.7. The smallest absolute Gasteiger partial charge is 0.135 e. The van der Waals surface area contributed by atoms with E-state index in [2.05, 4.69) is 71.9 Å². The minimum absolute atomic E-state index is 0.359. The van der Waals surface area contributed by atoms with Crippen molar-refractivity contribution in [2.45, 2.75) is 64.7 Å². The van der Waals surface area contributed by atoms with E-state index >= 15 is 0 Å². The molecule has 0 aliphatic carbocycles. The van der Waals surface area contributed by atoms with Crippen LogP contribution in [0, 0.1) is 0 Å². The molecule has 0 heterocycles. The molecule has 0 aliphatic heterocycles. The van der Waals surface area contributed by atoms with Gasteiger partial charge in [-0.2, -0.15) is 4.89 Å². The van der Waals surface area contributed by atoms with E-state index < -0.39 is 7.04 Å². The first-order valence-electron chi connectivity index (χ1n) is 10.1. The summed E-state index contributed by atoms with van der Waals surface area (Å²) < 4.78 is 20.6. The van der Waals surface area contributed by atoms with Gasteiger partial charge < -0.3 is 4.89 Å². The van der Waals surface area contributed by atoms with E-state index in [0.29, 0.717) is 12.2 Å². The van der Waals surface area contributed by atoms with E-state index in [1.54, 1.807) is 0 Å². The quantitative estimate of drug-likeness (QED) is 0.108. The third-order valence-corrected chi connectivity index (χ3v) is 3.20. The van der Waals surface area contributed by atoms with Crippen LogP contribution in [0.15, 0.2) is 60.9 Å². The Balaban J connectivity index is 3.47. The molecule has 0 N–H and O–H groups in total. The molecule has 23 heavy (non-hydrogen) atoms. The lowest BCUT2D eigenvalue weighted by Crippen LogP contribution is -1.89. The molecule has 0 bridgehead atoms. The van der Waals surface area contributed by atoms with Crippen molar-refractivity contribution in [3.05, 3.63) is 60.9 Å². The second-order valence-electron chi connectivity index (χ2n) is 5.31. The Kier molecular flexibility index (Phi) is 13.1. The third kappa shape index (κ3) is 18.4. The lowest BCUT2D eigenvalue weighted by molar-refractivity contribution is -0.239. The van der Waals surface area contributed by atoms with Crippen molar-refractivity contribution in [1.29, 1.82) is 0 Å². The van der Waals surface area contributed by atoms with Crippen LogP contribution in [-0.4, -0.2) is 7.04 Å². The zero-order valence-corrected chi connectivity index (χ0v) is 14.5. The van der Waals surface area contributed by atoms with Crippen LogP contribution in [0.4, 0.5) is 0 Å². The number of allylic oxidation sites excluding steroid dienone is 9. The maximum absolute atomic E-state index is 6.85. The zero-order chi connectivity index (χ0) is 19.5. The molecule has 0 rings (SSSR count). The summed E-state index contributed by atoms with van der Waals surface area (Å²) in [7, 11) is -2.54. The largest absolute Gasteiger partial charge is 0.343 e. The van der Waals surface area contributed by atoms with Crippen molar-refractivity contribution < 1.29 is 13.9 Å². The Morgan fingerprint density at radius 1 is 0.870 bits per heavy atom. The van der Waals surface area contributed by atoms with Gasteiger partial charge in [0.25, 0.3) is 0 Å². The van der Waals surface area contributed by atoms with Crippen molar-refractivity contribution in [2.75, 3.05) is 7.04 Å². The maximum Gasteiger partial charge on any atom is 0.135 e.